The molecule has 0 fully saturated rings. The molecule has 1 aliphatic heterocycles. The van der Waals surface area contributed by atoms with Gasteiger partial charge in [-0.05, 0) is 40.2 Å². The van der Waals surface area contributed by atoms with E-state index in [0.29, 0.717) is 31.3 Å². The number of benzene rings is 1. The normalized spacial score (nSPS) is 14.3. The minimum atomic E-state index is -3.57. The van der Waals surface area contributed by atoms with E-state index in [2.05, 4.69) is 15.9 Å². The Morgan fingerprint density at radius 3 is 2.59 bits per heavy atom. The molecule has 8 heteroatoms. The van der Waals surface area contributed by atoms with Crippen molar-refractivity contribution < 1.29 is 17.9 Å². The van der Waals surface area contributed by atoms with E-state index in [4.69, 9.17) is 9.47 Å². The Kier molecular flexibility index (Phi) is 4.44. The van der Waals surface area contributed by atoms with Crippen LogP contribution in [0.3, 0.4) is 0 Å². The summed E-state index contributed by atoms with van der Waals surface area (Å²) in [6.07, 6.45) is 0. The van der Waals surface area contributed by atoms with Gasteiger partial charge in [0.1, 0.15) is 13.2 Å². The van der Waals surface area contributed by atoms with Gasteiger partial charge in [0, 0.05) is 24.5 Å². The van der Waals surface area contributed by atoms with Crippen molar-refractivity contribution in [2.75, 3.05) is 20.3 Å². The highest BCUT2D eigenvalue weighted by Gasteiger charge is 2.24. The van der Waals surface area contributed by atoms with Crippen LogP contribution < -0.4 is 9.47 Å². The van der Waals surface area contributed by atoms with Gasteiger partial charge < -0.3 is 9.47 Å². The number of ether oxygens (including phenoxy) is 2. The van der Waals surface area contributed by atoms with E-state index in [0.717, 1.165) is 8.66 Å². The Balaban J connectivity index is 1.85. The Hall–Kier alpha value is -1.09. The molecular weight excluding hydrogens is 390 g/mol. The van der Waals surface area contributed by atoms with Crippen LogP contribution >= 0.6 is 27.3 Å². The third-order valence-corrected chi connectivity index (χ3v) is 6.64. The van der Waals surface area contributed by atoms with Gasteiger partial charge in [0.2, 0.25) is 10.0 Å². The third kappa shape index (κ3) is 3.15. The lowest BCUT2D eigenvalue weighted by Crippen LogP contribution is -2.26. The maximum atomic E-state index is 12.7. The van der Waals surface area contributed by atoms with Crippen LogP contribution in [0, 0.1) is 0 Å². The van der Waals surface area contributed by atoms with Crippen LogP contribution in [0.15, 0.2) is 39.0 Å². The predicted molar refractivity (Wildman–Crippen MR) is 88.1 cm³/mol. The number of fused-ring (bicyclic) bond motifs is 1. The Labute approximate surface area is 141 Å². The first-order valence-electron chi connectivity index (χ1n) is 6.57. The number of thiophene rings is 1. The van der Waals surface area contributed by atoms with Crippen molar-refractivity contribution in [3.8, 4) is 11.5 Å². The molecule has 0 aliphatic carbocycles. The average molecular weight is 404 g/mol. The maximum Gasteiger partial charge on any atom is 0.243 e. The largest absolute Gasteiger partial charge is 0.486 e. The number of halogens is 1. The summed E-state index contributed by atoms with van der Waals surface area (Å²) in [5.74, 6) is 1.05. The standard InChI is InChI=1S/C14H14BrNO4S2/c1-16(9-10-2-5-14(15)21-10)22(17,18)11-3-4-12-13(8-11)20-7-6-19-12/h2-5,8H,6-7,9H2,1H3. The molecule has 0 unspecified atom stereocenters. The highest BCUT2D eigenvalue weighted by molar-refractivity contribution is 9.11. The van der Waals surface area contributed by atoms with Crippen molar-refractivity contribution in [1.82, 2.24) is 4.31 Å². The highest BCUT2D eigenvalue weighted by atomic mass is 79.9. The SMILES string of the molecule is CN(Cc1ccc(Br)s1)S(=O)(=O)c1ccc2c(c1)OCCO2. The van der Waals surface area contributed by atoms with E-state index >= 15 is 0 Å². The number of hydrogen-bond donors (Lipinski definition) is 0. The van der Waals surface area contributed by atoms with E-state index in [1.165, 1.54) is 21.7 Å². The second-order valence-electron chi connectivity index (χ2n) is 4.77. The van der Waals surface area contributed by atoms with E-state index in [9.17, 15) is 8.42 Å². The zero-order valence-corrected chi connectivity index (χ0v) is 15.0. The molecule has 1 aromatic carbocycles. The number of rotatable bonds is 4. The molecule has 2 heterocycles. The van der Waals surface area contributed by atoms with Crippen LogP contribution in [0.4, 0.5) is 0 Å². The quantitative estimate of drug-likeness (QED) is 0.786. The van der Waals surface area contributed by atoms with Crippen molar-refractivity contribution in [3.05, 3.63) is 39.0 Å². The van der Waals surface area contributed by atoms with Gasteiger partial charge in [0.25, 0.3) is 0 Å². The molecule has 0 saturated heterocycles. The van der Waals surface area contributed by atoms with Crippen molar-refractivity contribution in [1.29, 1.82) is 0 Å². The predicted octanol–water partition coefficient (Wildman–Crippen LogP) is 3.10. The number of hydrogen-bond acceptors (Lipinski definition) is 5. The molecule has 0 bridgehead atoms. The van der Waals surface area contributed by atoms with Crippen molar-refractivity contribution in [2.45, 2.75) is 11.4 Å². The van der Waals surface area contributed by atoms with Gasteiger partial charge in [-0.25, -0.2) is 8.42 Å². The molecule has 0 N–H and O–H groups in total. The summed E-state index contributed by atoms with van der Waals surface area (Å²) < 4.78 is 38.5. The van der Waals surface area contributed by atoms with E-state index < -0.39 is 10.0 Å². The molecule has 0 radical (unpaired) electrons. The van der Waals surface area contributed by atoms with Gasteiger partial charge in [0.05, 0.1) is 8.68 Å². The summed E-state index contributed by atoms with van der Waals surface area (Å²) in [6.45, 7) is 1.23. The summed E-state index contributed by atoms with van der Waals surface area (Å²) in [4.78, 5) is 1.17. The first kappa shape index (κ1) is 15.8. The van der Waals surface area contributed by atoms with Crippen LogP contribution in [-0.2, 0) is 16.6 Å². The lowest BCUT2D eigenvalue weighted by molar-refractivity contribution is 0.171. The summed E-state index contributed by atoms with van der Waals surface area (Å²) in [5.41, 5.74) is 0. The van der Waals surface area contributed by atoms with E-state index in [1.54, 1.807) is 19.2 Å². The lowest BCUT2D eigenvalue weighted by atomic mass is 10.3. The number of sulfonamides is 1. The van der Waals surface area contributed by atoms with Crippen LogP contribution in [0.1, 0.15) is 4.88 Å². The van der Waals surface area contributed by atoms with Gasteiger partial charge in [-0.2, -0.15) is 4.31 Å². The van der Waals surface area contributed by atoms with Crippen LogP contribution in [0.25, 0.3) is 0 Å². The fourth-order valence-corrected chi connectivity index (χ4v) is 4.89. The van der Waals surface area contributed by atoms with Crippen LogP contribution in [0.2, 0.25) is 0 Å². The fraction of sp³-hybridized carbons (Fsp3) is 0.286. The maximum absolute atomic E-state index is 12.7. The van der Waals surface area contributed by atoms with Gasteiger partial charge >= 0.3 is 0 Å². The van der Waals surface area contributed by atoms with Gasteiger partial charge in [-0.3, -0.25) is 0 Å². The molecule has 0 atom stereocenters. The molecule has 3 rings (SSSR count). The molecule has 0 amide bonds. The van der Waals surface area contributed by atoms with Crippen LogP contribution in [0.5, 0.6) is 11.5 Å². The smallest absolute Gasteiger partial charge is 0.243 e. The lowest BCUT2D eigenvalue weighted by Gasteiger charge is -2.21. The molecule has 0 spiro atoms. The Bertz CT molecular complexity index is 788. The molecule has 22 heavy (non-hydrogen) atoms. The van der Waals surface area contributed by atoms with Crippen molar-refractivity contribution >= 4 is 37.3 Å². The summed E-state index contributed by atoms with van der Waals surface area (Å²) >= 11 is 4.89. The first-order chi connectivity index (χ1) is 10.5. The van der Waals surface area contributed by atoms with E-state index in [-0.39, 0.29) is 4.90 Å². The monoisotopic (exact) mass is 403 g/mol. The van der Waals surface area contributed by atoms with Gasteiger partial charge in [-0.1, -0.05) is 0 Å². The molecule has 2 aromatic rings. The van der Waals surface area contributed by atoms with Crippen molar-refractivity contribution in [3.63, 3.8) is 0 Å². The third-order valence-electron chi connectivity index (χ3n) is 3.23. The highest BCUT2D eigenvalue weighted by Crippen LogP contribution is 2.33. The second kappa shape index (κ2) is 6.19. The van der Waals surface area contributed by atoms with Gasteiger partial charge in [0.15, 0.2) is 11.5 Å². The van der Waals surface area contributed by atoms with Crippen molar-refractivity contribution in [2.24, 2.45) is 0 Å². The molecule has 1 aliphatic rings. The topological polar surface area (TPSA) is 55.8 Å². The first-order valence-corrected chi connectivity index (χ1v) is 9.62. The summed E-state index contributed by atoms with van der Waals surface area (Å²) in [7, 11) is -2.00. The average Bonchev–Trinajstić information content (AvgIpc) is 2.91. The Morgan fingerprint density at radius 1 is 1.18 bits per heavy atom. The number of nitrogens with zero attached hydrogens (tertiary/aromatic N) is 1. The second-order valence-corrected chi connectivity index (χ2v) is 9.36. The summed E-state index contributed by atoms with van der Waals surface area (Å²) in [5, 5.41) is 0. The molecular formula is C14H14BrNO4S2. The zero-order valence-electron chi connectivity index (χ0n) is 11.8. The molecule has 5 nitrogen and oxygen atoms in total. The molecule has 0 saturated carbocycles. The van der Waals surface area contributed by atoms with Gasteiger partial charge in [-0.15, -0.1) is 11.3 Å². The molecule has 1 aromatic heterocycles. The minimum absolute atomic E-state index is 0.204. The summed E-state index contributed by atoms with van der Waals surface area (Å²) in [6, 6.07) is 8.51. The fourth-order valence-electron chi connectivity index (χ4n) is 2.11. The van der Waals surface area contributed by atoms with E-state index in [1.807, 2.05) is 12.1 Å². The molecule has 118 valence electrons. The Morgan fingerprint density at radius 2 is 1.91 bits per heavy atom. The zero-order chi connectivity index (χ0) is 15.7. The van der Waals surface area contributed by atoms with Crippen LogP contribution in [-0.4, -0.2) is 33.0 Å². The minimum Gasteiger partial charge on any atom is -0.486 e.